The highest BCUT2D eigenvalue weighted by Gasteiger charge is 2.04. The van der Waals surface area contributed by atoms with E-state index in [4.69, 9.17) is 0 Å². The van der Waals surface area contributed by atoms with Crippen molar-refractivity contribution in [3.8, 4) is 0 Å². The Kier molecular flexibility index (Phi) is 4.37. The third-order valence-corrected chi connectivity index (χ3v) is 3.08. The summed E-state index contributed by atoms with van der Waals surface area (Å²) in [6, 6.07) is 12.3. The molecule has 0 unspecified atom stereocenters. The second-order valence-corrected chi connectivity index (χ2v) is 4.74. The third-order valence-electron chi connectivity index (χ3n) is 3.08. The van der Waals surface area contributed by atoms with Crippen LogP contribution in [0, 0.1) is 11.6 Å². The van der Waals surface area contributed by atoms with Crippen molar-refractivity contribution in [2.45, 2.75) is 6.54 Å². The van der Waals surface area contributed by atoms with Gasteiger partial charge in [-0.05, 0) is 30.3 Å². The first kappa shape index (κ1) is 14.8. The first-order valence-corrected chi connectivity index (χ1v) is 6.90. The first-order valence-electron chi connectivity index (χ1n) is 6.90. The summed E-state index contributed by atoms with van der Waals surface area (Å²) < 4.78 is 26.4. The normalized spacial score (nSPS) is 10.3. The van der Waals surface area contributed by atoms with Crippen molar-refractivity contribution in [2.24, 2.45) is 0 Å². The Balaban J connectivity index is 1.67. The molecule has 0 saturated heterocycles. The molecule has 7 heteroatoms. The number of hydrogen-bond donors (Lipinski definition) is 2. The lowest BCUT2D eigenvalue weighted by Gasteiger charge is -2.08. The minimum Gasteiger partial charge on any atom is -0.364 e. The van der Waals surface area contributed by atoms with E-state index in [1.54, 1.807) is 30.3 Å². The maximum Gasteiger partial charge on any atom is 0.249 e. The van der Waals surface area contributed by atoms with Gasteiger partial charge in [0.2, 0.25) is 5.95 Å². The minimum atomic E-state index is -0.324. The summed E-state index contributed by atoms with van der Waals surface area (Å²) in [5, 5.41) is 13.6. The minimum absolute atomic E-state index is 0.259. The van der Waals surface area contributed by atoms with Crippen LogP contribution < -0.4 is 10.6 Å². The molecule has 0 amide bonds. The summed E-state index contributed by atoms with van der Waals surface area (Å²) in [5.41, 5.74) is 1.17. The van der Waals surface area contributed by atoms with Gasteiger partial charge in [0, 0.05) is 17.8 Å². The standard InChI is InChI=1S/C16H13F2N5/c17-12-5-7-13(8-6-12)21-16-22-15(10-20-23-16)19-9-11-3-1-2-4-14(11)18/h1-8,10H,9H2,(H2,19,21,22,23). The highest BCUT2D eigenvalue weighted by atomic mass is 19.1. The molecule has 0 saturated carbocycles. The summed E-state index contributed by atoms with van der Waals surface area (Å²) >= 11 is 0. The van der Waals surface area contributed by atoms with Crippen molar-refractivity contribution >= 4 is 17.5 Å². The van der Waals surface area contributed by atoms with Gasteiger partial charge in [-0.15, -0.1) is 5.10 Å². The fourth-order valence-electron chi connectivity index (χ4n) is 1.93. The van der Waals surface area contributed by atoms with Crippen LogP contribution in [0.1, 0.15) is 5.56 Å². The van der Waals surface area contributed by atoms with E-state index in [9.17, 15) is 8.78 Å². The van der Waals surface area contributed by atoms with Crippen LogP contribution in [0.5, 0.6) is 0 Å². The average Bonchev–Trinajstić information content (AvgIpc) is 2.57. The number of anilines is 3. The van der Waals surface area contributed by atoms with E-state index in [-0.39, 0.29) is 24.1 Å². The number of nitrogens with one attached hydrogen (secondary N) is 2. The van der Waals surface area contributed by atoms with E-state index >= 15 is 0 Å². The molecule has 0 atom stereocenters. The van der Waals surface area contributed by atoms with Crippen LogP contribution in [0.4, 0.5) is 26.2 Å². The van der Waals surface area contributed by atoms with E-state index in [1.807, 2.05) is 0 Å². The number of benzene rings is 2. The zero-order valence-corrected chi connectivity index (χ0v) is 12.0. The number of nitrogens with zero attached hydrogens (tertiary/aromatic N) is 3. The maximum atomic E-state index is 13.6. The van der Waals surface area contributed by atoms with E-state index in [0.29, 0.717) is 17.1 Å². The Bertz CT molecular complexity index is 792. The molecule has 5 nitrogen and oxygen atoms in total. The van der Waals surface area contributed by atoms with E-state index in [0.717, 1.165) is 0 Å². The van der Waals surface area contributed by atoms with Gasteiger partial charge >= 0.3 is 0 Å². The Morgan fingerprint density at radius 1 is 0.957 bits per heavy atom. The number of rotatable bonds is 5. The van der Waals surface area contributed by atoms with Crippen molar-refractivity contribution in [1.29, 1.82) is 0 Å². The smallest absolute Gasteiger partial charge is 0.249 e. The fraction of sp³-hybridized carbons (Fsp3) is 0.0625. The quantitative estimate of drug-likeness (QED) is 0.755. The molecule has 1 aromatic heterocycles. The lowest BCUT2D eigenvalue weighted by atomic mass is 10.2. The van der Waals surface area contributed by atoms with Gasteiger partial charge in [0.1, 0.15) is 11.6 Å². The molecule has 23 heavy (non-hydrogen) atoms. The van der Waals surface area contributed by atoms with Gasteiger partial charge in [0.25, 0.3) is 0 Å². The van der Waals surface area contributed by atoms with Gasteiger partial charge in [-0.2, -0.15) is 10.1 Å². The van der Waals surface area contributed by atoms with Crippen LogP contribution in [-0.2, 0) is 6.54 Å². The van der Waals surface area contributed by atoms with E-state index < -0.39 is 0 Å². The number of aromatic nitrogens is 3. The van der Waals surface area contributed by atoms with Crippen molar-refractivity contribution < 1.29 is 8.78 Å². The molecule has 0 aliphatic carbocycles. The second-order valence-electron chi connectivity index (χ2n) is 4.74. The zero-order chi connectivity index (χ0) is 16.1. The van der Waals surface area contributed by atoms with Crippen molar-refractivity contribution in [1.82, 2.24) is 15.2 Å². The van der Waals surface area contributed by atoms with Gasteiger partial charge in [-0.1, -0.05) is 18.2 Å². The zero-order valence-electron chi connectivity index (χ0n) is 12.0. The Morgan fingerprint density at radius 3 is 2.52 bits per heavy atom. The van der Waals surface area contributed by atoms with Gasteiger partial charge in [-0.3, -0.25) is 0 Å². The van der Waals surface area contributed by atoms with Crippen LogP contribution in [0.3, 0.4) is 0 Å². The van der Waals surface area contributed by atoms with Gasteiger partial charge in [-0.25, -0.2) is 8.78 Å². The Morgan fingerprint density at radius 2 is 1.74 bits per heavy atom. The summed E-state index contributed by atoms with van der Waals surface area (Å²) in [7, 11) is 0. The molecule has 2 aromatic carbocycles. The van der Waals surface area contributed by atoms with Gasteiger partial charge in [0.15, 0.2) is 5.82 Å². The fourth-order valence-corrected chi connectivity index (χ4v) is 1.93. The van der Waals surface area contributed by atoms with Crippen LogP contribution in [0.25, 0.3) is 0 Å². The first-order chi connectivity index (χ1) is 11.2. The summed E-state index contributed by atoms with van der Waals surface area (Å²) in [5.74, 6) is 0.101. The monoisotopic (exact) mass is 313 g/mol. The average molecular weight is 313 g/mol. The highest BCUT2D eigenvalue weighted by molar-refractivity contribution is 5.53. The predicted octanol–water partition coefficient (Wildman–Crippen LogP) is 3.51. The largest absolute Gasteiger partial charge is 0.364 e. The van der Waals surface area contributed by atoms with Crippen LogP contribution in [-0.4, -0.2) is 15.2 Å². The predicted molar refractivity (Wildman–Crippen MR) is 83.2 cm³/mol. The van der Waals surface area contributed by atoms with Crippen molar-refractivity contribution in [3.05, 3.63) is 71.9 Å². The van der Waals surface area contributed by atoms with E-state index in [2.05, 4.69) is 25.8 Å². The molecule has 0 aliphatic heterocycles. The lowest BCUT2D eigenvalue weighted by Crippen LogP contribution is -2.06. The highest BCUT2D eigenvalue weighted by Crippen LogP contribution is 2.14. The molecule has 3 rings (SSSR count). The number of hydrogen-bond acceptors (Lipinski definition) is 5. The molecule has 2 N–H and O–H groups in total. The van der Waals surface area contributed by atoms with Crippen molar-refractivity contribution in [3.63, 3.8) is 0 Å². The molecule has 0 radical (unpaired) electrons. The molecule has 3 aromatic rings. The molecule has 0 fully saturated rings. The topological polar surface area (TPSA) is 62.7 Å². The second kappa shape index (κ2) is 6.78. The number of halogens is 2. The molecular weight excluding hydrogens is 300 g/mol. The Labute approximate surface area is 131 Å². The maximum absolute atomic E-state index is 13.6. The summed E-state index contributed by atoms with van der Waals surface area (Å²) in [6.45, 7) is 0.279. The molecule has 1 heterocycles. The van der Waals surface area contributed by atoms with Crippen LogP contribution >= 0.6 is 0 Å². The van der Waals surface area contributed by atoms with Crippen LogP contribution in [0.15, 0.2) is 54.7 Å². The molecule has 0 aliphatic rings. The molecule has 0 bridgehead atoms. The van der Waals surface area contributed by atoms with Crippen LogP contribution in [0.2, 0.25) is 0 Å². The molecular formula is C16H13F2N5. The summed E-state index contributed by atoms with van der Waals surface area (Å²) in [6.07, 6.45) is 1.44. The Hall–Kier alpha value is -3.09. The SMILES string of the molecule is Fc1ccc(Nc2nncc(NCc3ccccc3F)n2)cc1. The van der Waals surface area contributed by atoms with Gasteiger partial charge in [0.05, 0.1) is 6.20 Å². The van der Waals surface area contributed by atoms with E-state index in [1.165, 1.54) is 24.4 Å². The third kappa shape index (κ3) is 3.97. The van der Waals surface area contributed by atoms with Gasteiger partial charge < -0.3 is 10.6 Å². The summed E-state index contributed by atoms with van der Waals surface area (Å²) in [4.78, 5) is 4.22. The lowest BCUT2D eigenvalue weighted by molar-refractivity contribution is 0.613. The molecule has 0 spiro atoms. The molecule has 116 valence electrons. The van der Waals surface area contributed by atoms with Crippen molar-refractivity contribution in [2.75, 3.05) is 10.6 Å².